The van der Waals surface area contributed by atoms with Crippen LogP contribution < -0.4 is 10.6 Å². The van der Waals surface area contributed by atoms with Gasteiger partial charge in [-0.05, 0) is 62.3 Å². The SMILES string of the molecule is CCNC(=S)N(Cc1ccccc1C(F)(F)F)CC(C)(C)NC(=O)Cc1cncn1Cc1ccc(C#N)cc1. The second-order valence-corrected chi connectivity index (χ2v) is 10.2. The van der Waals surface area contributed by atoms with Crippen molar-refractivity contribution in [2.75, 3.05) is 13.1 Å². The molecule has 1 heterocycles. The summed E-state index contributed by atoms with van der Waals surface area (Å²) < 4.78 is 42.7. The summed E-state index contributed by atoms with van der Waals surface area (Å²) in [6.45, 7) is 6.56. The maximum atomic E-state index is 13.6. The Balaban J connectivity index is 1.70. The van der Waals surface area contributed by atoms with Crippen LogP contribution in [-0.2, 0) is 30.5 Å². The van der Waals surface area contributed by atoms with Crippen LogP contribution in [0.1, 0.15) is 48.7 Å². The first kappa shape index (κ1) is 29.6. The van der Waals surface area contributed by atoms with Gasteiger partial charge in [0, 0.05) is 38.1 Å². The van der Waals surface area contributed by atoms with Crippen LogP contribution in [0, 0.1) is 11.3 Å². The third-order valence-corrected chi connectivity index (χ3v) is 6.34. The first-order chi connectivity index (χ1) is 18.4. The van der Waals surface area contributed by atoms with Gasteiger partial charge in [-0.3, -0.25) is 4.79 Å². The number of benzene rings is 2. The van der Waals surface area contributed by atoms with E-state index in [1.165, 1.54) is 12.1 Å². The van der Waals surface area contributed by atoms with E-state index in [0.29, 0.717) is 29.5 Å². The van der Waals surface area contributed by atoms with E-state index >= 15 is 0 Å². The monoisotopic (exact) mass is 556 g/mol. The fraction of sp³-hybridized carbons (Fsp3) is 0.357. The zero-order chi connectivity index (χ0) is 28.6. The number of nitrogens with zero attached hydrogens (tertiary/aromatic N) is 4. The zero-order valence-corrected chi connectivity index (χ0v) is 22.9. The van der Waals surface area contributed by atoms with Crippen LogP contribution in [0.4, 0.5) is 13.2 Å². The topological polar surface area (TPSA) is 86.0 Å². The fourth-order valence-corrected chi connectivity index (χ4v) is 4.50. The van der Waals surface area contributed by atoms with Crippen LogP contribution in [0.2, 0.25) is 0 Å². The minimum atomic E-state index is -4.49. The number of hydrogen-bond donors (Lipinski definition) is 2. The smallest absolute Gasteiger partial charge is 0.363 e. The number of alkyl halides is 3. The zero-order valence-electron chi connectivity index (χ0n) is 22.0. The maximum absolute atomic E-state index is 13.6. The molecule has 0 spiro atoms. The van der Waals surface area contributed by atoms with Gasteiger partial charge in [0.2, 0.25) is 5.91 Å². The largest absolute Gasteiger partial charge is 0.416 e. The van der Waals surface area contributed by atoms with Gasteiger partial charge in [-0.15, -0.1) is 0 Å². The van der Waals surface area contributed by atoms with Gasteiger partial charge in [0.15, 0.2) is 5.11 Å². The first-order valence-electron chi connectivity index (χ1n) is 12.4. The number of carbonyl (C=O) groups is 1. The molecule has 0 fully saturated rings. The van der Waals surface area contributed by atoms with E-state index < -0.39 is 17.3 Å². The summed E-state index contributed by atoms with van der Waals surface area (Å²) in [7, 11) is 0. The van der Waals surface area contributed by atoms with E-state index in [2.05, 4.69) is 21.7 Å². The van der Waals surface area contributed by atoms with Crippen LogP contribution in [0.15, 0.2) is 61.1 Å². The van der Waals surface area contributed by atoms with E-state index in [4.69, 9.17) is 17.5 Å². The van der Waals surface area contributed by atoms with Gasteiger partial charge in [0.05, 0.1) is 35.5 Å². The lowest BCUT2D eigenvalue weighted by molar-refractivity contribution is -0.138. The highest BCUT2D eigenvalue weighted by molar-refractivity contribution is 7.80. The van der Waals surface area contributed by atoms with Gasteiger partial charge < -0.3 is 20.1 Å². The second-order valence-electron chi connectivity index (χ2n) is 9.78. The van der Waals surface area contributed by atoms with E-state index in [9.17, 15) is 18.0 Å². The molecule has 0 aliphatic heterocycles. The Morgan fingerprint density at radius 3 is 2.49 bits per heavy atom. The Bertz CT molecular complexity index is 1330. The molecule has 0 saturated heterocycles. The fourth-order valence-electron chi connectivity index (χ4n) is 4.22. The number of nitriles is 1. The molecule has 39 heavy (non-hydrogen) atoms. The number of thiocarbonyl (C=S) groups is 1. The molecule has 2 aromatic carbocycles. The Hall–Kier alpha value is -3.91. The van der Waals surface area contributed by atoms with Gasteiger partial charge >= 0.3 is 6.18 Å². The minimum Gasteiger partial charge on any atom is -0.363 e. The molecule has 0 aliphatic carbocycles. The van der Waals surface area contributed by atoms with E-state index in [-0.39, 0.29) is 31.0 Å². The number of amides is 1. The average Bonchev–Trinajstić information content (AvgIpc) is 3.29. The maximum Gasteiger partial charge on any atom is 0.416 e. The molecular weight excluding hydrogens is 525 g/mol. The lowest BCUT2D eigenvalue weighted by Gasteiger charge is -2.35. The van der Waals surface area contributed by atoms with Crippen molar-refractivity contribution in [2.24, 2.45) is 0 Å². The molecule has 0 unspecified atom stereocenters. The quantitative estimate of drug-likeness (QED) is 0.354. The Morgan fingerprint density at radius 2 is 1.85 bits per heavy atom. The van der Waals surface area contributed by atoms with Crippen LogP contribution in [-0.4, -0.2) is 44.1 Å². The number of carbonyl (C=O) groups excluding carboxylic acids is 1. The van der Waals surface area contributed by atoms with E-state index in [0.717, 1.165) is 11.6 Å². The number of aromatic nitrogens is 2. The summed E-state index contributed by atoms with van der Waals surface area (Å²) in [6, 6.07) is 14.7. The van der Waals surface area contributed by atoms with Crippen LogP contribution in [0.5, 0.6) is 0 Å². The second kappa shape index (κ2) is 12.8. The highest BCUT2D eigenvalue weighted by Crippen LogP contribution is 2.32. The summed E-state index contributed by atoms with van der Waals surface area (Å²) >= 11 is 5.47. The summed E-state index contributed by atoms with van der Waals surface area (Å²) in [5.41, 5.74) is 0.788. The van der Waals surface area contributed by atoms with Gasteiger partial charge in [0.1, 0.15) is 0 Å². The van der Waals surface area contributed by atoms with Gasteiger partial charge in [-0.25, -0.2) is 4.98 Å². The molecule has 7 nitrogen and oxygen atoms in total. The van der Waals surface area contributed by atoms with Crippen LogP contribution in [0.3, 0.4) is 0 Å². The highest BCUT2D eigenvalue weighted by Gasteiger charge is 2.34. The van der Waals surface area contributed by atoms with Gasteiger partial charge in [-0.2, -0.15) is 18.4 Å². The number of rotatable bonds is 10. The Labute approximate surface area is 231 Å². The van der Waals surface area contributed by atoms with Crippen molar-refractivity contribution in [3.8, 4) is 6.07 Å². The predicted octanol–water partition coefficient (Wildman–Crippen LogP) is 4.66. The standard InChI is InChI=1S/C28H31F3N6OS/c1-4-34-26(39)36(17-22-7-5-6-8-24(22)28(29,30)31)18-27(2,3)35-25(38)13-23-15-33-19-37(23)16-21-11-9-20(14-32)10-12-21/h5-12,15,19H,4,13,16-18H2,1-3H3,(H,34,39)(H,35,38). The average molecular weight is 557 g/mol. The minimum absolute atomic E-state index is 0.0638. The third kappa shape index (κ3) is 8.55. The Kier molecular flexibility index (Phi) is 9.70. The van der Waals surface area contributed by atoms with Gasteiger partial charge in [-0.1, -0.05) is 30.3 Å². The summed E-state index contributed by atoms with van der Waals surface area (Å²) in [5.74, 6) is -0.258. The van der Waals surface area contributed by atoms with Crippen molar-refractivity contribution in [1.29, 1.82) is 5.26 Å². The summed E-state index contributed by atoms with van der Waals surface area (Å²) in [6.07, 6.45) is -1.17. The van der Waals surface area contributed by atoms with Crippen molar-refractivity contribution in [1.82, 2.24) is 25.1 Å². The molecule has 0 aliphatic rings. The van der Waals surface area contributed by atoms with Gasteiger partial charge in [0.25, 0.3) is 0 Å². The molecule has 206 valence electrons. The lowest BCUT2D eigenvalue weighted by atomic mass is 10.0. The lowest BCUT2D eigenvalue weighted by Crippen LogP contribution is -2.54. The molecular formula is C28H31F3N6OS. The van der Waals surface area contributed by atoms with Crippen molar-refractivity contribution in [3.63, 3.8) is 0 Å². The van der Waals surface area contributed by atoms with Crippen molar-refractivity contribution in [2.45, 2.75) is 52.0 Å². The molecule has 2 N–H and O–H groups in total. The molecule has 3 rings (SSSR count). The number of hydrogen-bond acceptors (Lipinski definition) is 4. The molecule has 3 aromatic rings. The molecule has 11 heteroatoms. The summed E-state index contributed by atoms with van der Waals surface area (Å²) in [4.78, 5) is 18.8. The number of imidazole rings is 1. The normalized spacial score (nSPS) is 11.5. The van der Waals surface area contributed by atoms with Crippen molar-refractivity contribution in [3.05, 3.63) is 89.0 Å². The molecule has 0 atom stereocenters. The summed E-state index contributed by atoms with van der Waals surface area (Å²) in [5, 5.41) is 15.3. The number of nitrogens with one attached hydrogen (secondary N) is 2. The van der Waals surface area contributed by atoms with Crippen molar-refractivity contribution < 1.29 is 18.0 Å². The van der Waals surface area contributed by atoms with E-state index in [1.807, 2.05) is 23.6 Å². The highest BCUT2D eigenvalue weighted by atomic mass is 32.1. The molecule has 0 bridgehead atoms. The first-order valence-corrected chi connectivity index (χ1v) is 12.8. The van der Waals surface area contributed by atoms with Crippen LogP contribution >= 0.6 is 12.2 Å². The number of halogens is 3. The molecule has 1 amide bonds. The third-order valence-electron chi connectivity index (χ3n) is 5.94. The molecule has 1 aromatic heterocycles. The molecule has 0 saturated carbocycles. The van der Waals surface area contributed by atoms with Crippen LogP contribution in [0.25, 0.3) is 0 Å². The Morgan fingerprint density at radius 1 is 1.15 bits per heavy atom. The predicted molar refractivity (Wildman–Crippen MR) is 147 cm³/mol. The van der Waals surface area contributed by atoms with Crippen molar-refractivity contribution >= 4 is 23.2 Å². The van der Waals surface area contributed by atoms with E-state index in [1.54, 1.807) is 49.5 Å². The molecule has 0 radical (unpaired) electrons.